The Hall–Kier alpha value is -3.69. The number of rotatable bonds is 10. The monoisotopic (exact) mass is 521 g/mol. The molecule has 1 aliphatic rings. The van der Waals surface area contributed by atoms with Crippen LogP contribution < -0.4 is 10.6 Å². The largest absolute Gasteiger partial charge is 0.481 e. The summed E-state index contributed by atoms with van der Waals surface area (Å²) in [4.78, 5) is 15.8. The SMILES string of the molecule is O=C(O)CC(CS(=O)(=O)c1ccc(CCc2cccc(NC3=NCC(O)CN3)c2)cc1)c1ccccc1. The summed E-state index contributed by atoms with van der Waals surface area (Å²) in [5.41, 5.74) is 3.73. The van der Waals surface area contributed by atoms with Gasteiger partial charge in [0.15, 0.2) is 15.8 Å². The van der Waals surface area contributed by atoms with Crippen LogP contribution >= 0.6 is 0 Å². The van der Waals surface area contributed by atoms with Gasteiger partial charge in [0.2, 0.25) is 0 Å². The second-order valence-corrected chi connectivity index (χ2v) is 11.2. The van der Waals surface area contributed by atoms with Crippen molar-refractivity contribution in [3.63, 3.8) is 0 Å². The Morgan fingerprint density at radius 1 is 1.00 bits per heavy atom. The van der Waals surface area contributed by atoms with E-state index >= 15 is 0 Å². The van der Waals surface area contributed by atoms with E-state index in [9.17, 15) is 23.4 Å². The van der Waals surface area contributed by atoms with Crippen LogP contribution in [0.4, 0.5) is 5.69 Å². The fourth-order valence-corrected chi connectivity index (χ4v) is 5.86. The number of hydrogen-bond donors (Lipinski definition) is 4. The zero-order valence-electron chi connectivity index (χ0n) is 20.4. The fraction of sp³-hybridized carbons (Fsp3) is 0.286. The Bertz CT molecular complexity index is 1340. The van der Waals surface area contributed by atoms with Crippen molar-refractivity contribution in [1.29, 1.82) is 0 Å². The van der Waals surface area contributed by atoms with Crippen molar-refractivity contribution in [2.45, 2.75) is 36.2 Å². The number of aliphatic carboxylic acids is 1. The lowest BCUT2D eigenvalue weighted by Gasteiger charge is -2.20. The number of anilines is 1. The third-order valence-electron chi connectivity index (χ3n) is 6.25. The van der Waals surface area contributed by atoms with Crippen molar-refractivity contribution in [2.75, 3.05) is 24.2 Å². The summed E-state index contributed by atoms with van der Waals surface area (Å²) in [5, 5.41) is 25.1. The number of carboxylic acids is 1. The predicted molar refractivity (Wildman–Crippen MR) is 144 cm³/mol. The van der Waals surface area contributed by atoms with Crippen molar-refractivity contribution in [1.82, 2.24) is 5.32 Å². The number of aliphatic hydroxyl groups excluding tert-OH is 1. The number of nitrogens with one attached hydrogen (secondary N) is 2. The maximum absolute atomic E-state index is 13.1. The molecular formula is C28H31N3O5S. The smallest absolute Gasteiger partial charge is 0.303 e. The van der Waals surface area contributed by atoms with Gasteiger partial charge in [-0.05, 0) is 53.8 Å². The van der Waals surface area contributed by atoms with Crippen molar-refractivity contribution in [2.24, 2.45) is 4.99 Å². The molecule has 37 heavy (non-hydrogen) atoms. The van der Waals surface area contributed by atoms with Gasteiger partial charge < -0.3 is 20.8 Å². The van der Waals surface area contributed by atoms with E-state index in [0.29, 0.717) is 24.6 Å². The average Bonchev–Trinajstić information content (AvgIpc) is 2.89. The number of carbonyl (C=O) groups is 1. The van der Waals surface area contributed by atoms with Gasteiger partial charge in [0.25, 0.3) is 0 Å². The van der Waals surface area contributed by atoms with Gasteiger partial charge in [-0.3, -0.25) is 9.79 Å². The summed E-state index contributed by atoms with van der Waals surface area (Å²) in [6.07, 6.45) is 0.796. The first-order valence-corrected chi connectivity index (χ1v) is 13.8. The molecule has 9 heteroatoms. The van der Waals surface area contributed by atoms with Gasteiger partial charge >= 0.3 is 5.97 Å². The molecule has 8 nitrogen and oxygen atoms in total. The van der Waals surface area contributed by atoms with E-state index in [1.807, 2.05) is 42.5 Å². The number of β-amino-alcohol motifs (C(OH)–C–C–N with tert-alkyl or cyclic N) is 1. The van der Waals surface area contributed by atoms with E-state index in [4.69, 9.17) is 0 Å². The molecule has 0 spiro atoms. The first kappa shape index (κ1) is 26.4. The molecule has 4 rings (SSSR count). The van der Waals surface area contributed by atoms with E-state index in [0.717, 1.165) is 29.7 Å². The Balaban J connectivity index is 1.37. The maximum atomic E-state index is 13.1. The molecule has 0 aliphatic carbocycles. The van der Waals surface area contributed by atoms with Gasteiger partial charge in [-0.2, -0.15) is 0 Å². The number of nitrogens with zero attached hydrogens (tertiary/aromatic N) is 1. The van der Waals surface area contributed by atoms with Crippen molar-refractivity contribution < 1.29 is 23.4 Å². The van der Waals surface area contributed by atoms with Crippen LogP contribution in [-0.2, 0) is 27.5 Å². The summed E-state index contributed by atoms with van der Waals surface area (Å²) < 4.78 is 26.2. The summed E-state index contributed by atoms with van der Waals surface area (Å²) in [6, 6.07) is 23.7. The van der Waals surface area contributed by atoms with E-state index in [-0.39, 0.29) is 17.1 Å². The number of aliphatic imine (C=N–C) groups is 1. The molecule has 0 fully saturated rings. The molecule has 0 saturated carbocycles. The molecule has 3 aromatic rings. The number of aryl methyl sites for hydroxylation is 2. The molecule has 2 atom stereocenters. The number of carboxylic acid groups (broad SMARTS) is 1. The maximum Gasteiger partial charge on any atom is 0.303 e. The summed E-state index contributed by atoms with van der Waals surface area (Å²) in [7, 11) is -3.66. The van der Waals surface area contributed by atoms with E-state index in [1.165, 1.54) is 0 Å². The standard InChI is InChI=1S/C28H31N3O5S/c32-25-17-29-28(30-18-25)31-24-8-4-5-21(15-24)10-9-20-11-13-26(14-12-20)37(35,36)19-23(16-27(33)34)22-6-2-1-3-7-22/h1-8,11-15,23,25,32H,9-10,16-19H2,(H,33,34)(H2,29,30,31). The van der Waals surface area contributed by atoms with Crippen LogP contribution in [0.15, 0.2) is 88.8 Å². The number of benzene rings is 3. The zero-order valence-corrected chi connectivity index (χ0v) is 21.2. The average molecular weight is 522 g/mol. The highest BCUT2D eigenvalue weighted by Gasteiger charge is 2.24. The van der Waals surface area contributed by atoms with Gasteiger partial charge in [-0.1, -0.05) is 54.6 Å². The normalized spacial score (nSPS) is 16.4. The lowest BCUT2D eigenvalue weighted by Crippen LogP contribution is -2.42. The Morgan fingerprint density at radius 3 is 2.41 bits per heavy atom. The Labute approximate surface area is 217 Å². The predicted octanol–water partition coefficient (Wildman–Crippen LogP) is 3.24. The minimum Gasteiger partial charge on any atom is -0.481 e. The van der Waals surface area contributed by atoms with Crippen LogP contribution in [0.1, 0.15) is 29.0 Å². The molecule has 1 heterocycles. The van der Waals surface area contributed by atoms with Crippen LogP contribution in [0.25, 0.3) is 0 Å². The summed E-state index contributed by atoms with van der Waals surface area (Å²) in [5.74, 6) is -1.27. The minimum absolute atomic E-state index is 0.194. The van der Waals surface area contributed by atoms with Crippen LogP contribution in [-0.4, -0.2) is 55.5 Å². The summed E-state index contributed by atoms with van der Waals surface area (Å²) in [6.45, 7) is 0.830. The van der Waals surface area contributed by atoms with Crippen LogP contribution in [0.3, 0.4) is 0 Å². The van der Waals surface area contributed by atoms with E-state index < -0.39 is 27.8 Å². The molecule has 0 saturated heterocycles. The van der Waals surface area contributed by atoms with Crippen molar-refractivity contribution in [3.8, 4) is 0 Å². The quantitative estimate of drug-likeness (QED) is 0.322. The van der Waals surface area contributed by atoms with Crippen LogP contribution in [0.2, 0.25) is 0 Å². The number of aliphatic hydroxyl groups is 1. The van der Waals surface area contributed by atoms with Gasteiger partial charge in [-0.25, -0.2) is 8.42 Å². The number of sulfone groups is 1. The van der Waals surface area contributed by atoms with Crippen LogP contribution in [0.5, 0.6) is 0 Å². The third kappa shape index (κ3) is 7.65. The third-order valence-corrected chi connectivity index (χ3v) is 8.08. The molecule has 0 bridgehead atoms. The van der Waals surface area contributed by atoms with Gasteiger partial charge in [0.05, 0.1) is 29.7 Å². The lowest BCUT2D eigenvalue weighted by molar-refractivity contribution is -0.137. The van der Waals surface area contributed by atoms with Crippen molar-refractivity contribution >= 4 is 27.5 Å². The van der Waals surface area contributed by atoms with Gasteiger partial charge in [0.1, 0.15) is 0 Å². The van der Waals surface area contributed by atoms with Gasteiger partial charge in [0, 0.05) is 18.2 Å². The fourth-order valence-electron chi connectivity index (χ4n) is 4.28. The molecule has 0 aromatic heterocycles. The van der Waals surface area contributed by atoms with Crippen molar-refractivity contribution in [3.05, 3.63) is 95.6 Å². The molecule has 0 amide bonds. The molecule has 1 aliphatic heterocycles. The van der Waals surface area contributed by atoms with Gasteiger partial charge in [-0.15, -0.1) is 0 Å². The van der Waals surface area contributed by atoms with Crippen LogP contribution in [0, 0.1) is 0 Å². The van der Waals surface area contributed by atoms with E-state index in [1.54, 1.807) is 36.4 Å². The molecule has 0 radical (unpaired) electrons. The molecule has 3 aromatic carbocycles. The highest BCUT2D eigenvalue weighted by Crippen LogP contribution is 2.25. The second kappa shape index (κ2) is 12.0. The highest BCUT2D eigenvalue weighted by molar-refractivity contribution is 7.91. The number of hydrogen-bond acceptors (Lipinski definition) is 7. The van der Waals surface area contributed by atoms with E-state index in [2.05, 4.69) is 15.6 Å². The number of guanidine groups is 1. The lowest BCUT2D eigenvalue weighted by atomic mass is 9.98. The first-order valence-electron chi connectivity index (χ1n) is 12.2. The molecule has 2 unspecified atom stereocenters. The zero-order chi connectivity index (χ0) is 26.3. The first-order chi connectivity index (χ1) is 17.8. The topological polar surface area (TPSA) is 128 Å². The molecular weight excluding hydrogens is 490 g/mol. The minimum atomic E-state index is -3.66. The Morgan fingerprint density at radius 2 is 1.73 bits per heavy atom. The Kier molecular flexibility index (Phi) is 8.58. The highest BCUT2D eigenvalue weighted by atomic mass is 32.2. The second-order valence-electron chi connectivity index (χ2n) is 9.18. The molecule has 4 N–H and O–H groups in total. The summed E-state index contributed by atoms with van der Waals surface area (Å²) >= 11 is 0. The molecule has 194 valence electrons.